The number of amides is 2. The lowest BCUT2D eigenvalue weighted by atomic mass is 10.1. The minimum Gasteiger partial charge on any atom is -0.378 e. The molecule has 3 aromatic rings. The van der Waals surface area contributed by atoms with Crippen molar-refractivity contribution in [1.82, 2.24) is 9.88 Å². The summed E-state index contributed by atoms with van der Waals surface area (Å²) < 4.78 is 21.9. The van der Waals surface area contributed by atoms with E-state index in [0.717, 1.165) is 54.0 Å². The topological polar surface area (TPSA) is 66.8 Å². The Balaban J connectivity index is 1.47. The summed E-state index contributed by atoms with van der Waals surface area (Å²) in [6.07, 6.45) is 1.54. The van der Waals surface area contributed by atoms with Crippen molar-refractivity contribution >= 4 is 46.6 Å². The molecular weight excluding hydrogens is 479 g/mol. The fourth-order valence-corrected chi connectivity index (χ4v) is 4.90. The van der Waals surface area contributed by atoms with E-state index in [-0.39, 0.29) is 16.4 Å². The van der Waals surface area contributed by atoms with E-state index in [2.05, 4.69) is 39.0 Å². The number of aromatic nitrogens is 1. The first-order valence-electron chi connectivity index (χ1n) is 11.6. The number of nitrogens with zero attached hydrogens (tertiary/aromatic N) is 3. The summed E-state index contributed by atoms with van der Waals surface area (Å²) >= 11 is 5.18. The summed E-state index contributed by atoms with van der Waals surface area (Å²) in [7, 11) is 0. The predicted molar refractivity (Wildman–Crippen MR) is 141 cm³/mol. The third kappa shape index (κ3) is 4.31. The van der Waals surface area contributed by atoms with E-state index in [1.165, 1.54) is 24.3 Å². The van der Waals surface area contributed by atoms with Crippen molar-refractivity contribution in [3.63, 3.8) is 0 Å². The number of nitrogens with one attached hydrogen (secondary N) is 1. The Kier molecular flexibility index (Phi) is 6.42. The van der Waals surface area contributed by atoms with Gasteiger partial charge in [-0.1, -0.05) is 12.1 Å². The van der Waals surface area contributed by atoms with Crippen molar-refractivity contribution in [3.05, 3.63) is 82.9 Å². The van der Waals surface area contributed by atoms with E-state index < -0.39 is 17.6 Å². The molecule has 1 aromatic heterocycles. The minimum absolute atomic E-state index is 0.00997. The van der Waals surface area contributed by atoms with Crippen LogP contribution in [0.15, 0.2) is 60.2 Å². The van der Waals surface area contributed by atoms with Crippen molar-refractivity contribution in [2.24, 2.45) is 0 Å². The number of morpholine rings is 1. The molecule has 2 fully saturated rings. The van der Waals surface area contributed by atoms with Crippen molar-refractivity contribution in [2.45, 2.75) is 13.8 Å². The monoisotopic (exact) mass is 504 g/mol. The van der Waals surface area contributed by atoms with E-state index in [4.69, 9.17) is 17.0 Å². The second-order valence-corrected chi connectivity index (χ2v) is 9.07. The molecule has 0 radical (unpaired) electrons. The van der Waals surface area contributed by atoms with Crippen molar-refractivity contribution in [3.8, 4) is 5.69 Å². The summed E-state index contributed by atoms with van der Waals surface area (Å²) in [6.45, 7) is 7.07. The molecular formula is C27H25FN4O3S. The molecule has 7 nitrogen and oxygen atoms in total. The van der Waals surface area contributed by atoms with E-state index >= 15 is 0 Å². The van der Waals surface area contributed by atoms with Gasteiger partial charge in [-0.2, -0.15) is 0 Å². The third-order valence-electron chi connectivity index (χ3n) is 6.45. The Morgan fingerprint density at radius 2 is 1.67 bits per heavy atom. The van der Waals surface area contributed by atoms with Gasteiger partial charge >= 0.3 is 0 Å². The number of carbonyl (C=O) groups is 2. The first-order valence-corrected chi connectivity index (χ1v) is 12.0. The molecule has 2 aromatic carbocycles. The van der Waals surface area contributed by atoms with Crippen LogP contribution in [0.5, 0.6) is 0 Å². The van der Waals surface area contributed by atoms with Gasteiger partial charge in [0.25, 0.3) is 11.8 Å². The molecule has 0 unspecified atom stereocenters. The van der Waals surface area contributed by atoms with Gasteiger partial charge in [-0.15, -0.1) is 0 Å². The second kappa shape index (κ2) is 9.67. The molecule has 2 aliphatic rings. The van der Waals surface area contributed by atoms with Crippen LogP contribution in [0.25, 0.3) is 11.8 Å². The van der Waals surface area contributed by atoms with Crippen LogP contribution in [-0.4, -0.2) is 47.8 Å². The number of aryl methyl sites for hydroxylation is 1. The Morgan fingerprint density at radius 1 is 1.00 bits per heavy atom. The molecule has 0 bridgehead atoms. The van der Waals surface area contributed by atoms with Crippen LogP contribution in [0, 0.1) is 19.7 Å². The third-order valence-corrected chi connectivity index (χ3v) is 6.73. The van der Waals surface area contributed by atoms with Crippen LogP contribution >= 0.6 is 12.2 Å². The van der Waals surface area contributed by atoms with Crippen LogP contribution in [0.4, 0.5) is 15.8 Å². The summed E-state index contributed by atoms with van der Waals surface area (Å²) in [5, 5.41) is 2.35. The number of halogens is 1. The predicted octanol–water partition coefficient (Wildman–Crippen LogP) is 3.90. The van der Waals surface area contributed by atoms with Gasteiger partial charge in [0.15, 0.2) is 5.11 Å². The van der Waals surface area contributed by atoms with Crippen LogP contribution in [0.3, 0.4) is 0 Å². The van der Waals surface area contributed by atoms with Gasteiger partial charge in [0.1, 0.15) is 11.4 Å². The Hall–Kier alpha value is -3.82. The maximum absolute atomic E-state index is 14.4. The second-order valence-electron chi connectivity index (χ2n) is 8.69. The van der Waals surface area contributed by atoms with Crippen molar-refractivity contribution in [2.75, 3.05) is 36.1 Å². The number of rotatable bonds is 4. The normalized spacial score (nSPS) is 17.6. The lowest BCUT2D eigenvalue weighted by molar-refractivity contribution is -0.122. The average Bonchev–Trinajstić information content (AvgIpc) is 3.16. The molecule has 0 spiro atoms. The van der Waals surface area contributed by atoms with Gasteiger partial charge in [0, 0.05) is 35.9 Å². The highest BCUT2D eigenvalue weighted by Gasteiger charge is 2.36. The molecule has 9 heteroatoms. The fraction of sp³-hybridized carbons (Fsp3) is 0.222. The van der Waals surface area contributed by atoms with Gasteiger partial charge in [0.2, 0.25) is 0 Å². The van der Waals surface area contributed by atoms with Crippen LogP contribution in [0.2, 0.25) is 0 Å². The standard InChI is InChI=1S/C27H25FN4O3S/c1-17-15-19(18(2)31(17)21-9-7-20(8-10-21)30-11-13-35-14-12-30)16-22-25(33)29-27(36)32(26(22)34)24-6-4-3-5-23(24)28/h3-10,15-16H,11-14H2,1-2H3,(H,29,33,36)/b22-16+. The zero-order valence-corrected chi connectivity index (χ0v) is 20.8. The lowest BCUT2D eigenvalue weighted by Gasteiger charge is -2.29. The largest absolute Gasteiger partial charge is 0.378 e. The minimum atomic E-state index is -0.673. The van der Waals surface area contributed by atoms with E-state index in [1.807, 2.05) is 19.9 Å². The average molecular weight is 505 g/mol. The maximum atomic E-state index is 14.4. The number of anilines is 2. The number of ether oxygens (including phenoxy) is 1. The Labute approximate surface area is 213 Å². The number of hydrogen-bond acceptors (Lipinski definition) is 5. The zero-order chi connectivity index (χ0) is 25.4. The number of benzene rings is 2. The van der Waals surface area contributed by atoms with Gasteiger partial charge in [0.05, 0.1) is 18.9 Å². The van der Waals surface area contributed by atoms with Crippen molar-refractivity contribution in [1.29, 1.82) is 0 Å². The summed E-state index contributed by atoms with van der Waals surface area (Å²) in [6, 6.07) is 16.0. The molecule has 36 heavy (non-hydrogen) atoms. The first-order chi connectivity index (χ1) is 17.3. The number of hydrogen-bond donors (Lipinski definition) is 1. The lowest BCUT2D eigenvalue weighted by Crippen LogP contribution is -2.54. The first kappa shape index (κ1) is 23.9. The quantitative estimate of drug-likeness (QED) is 0.332. The number of carbonyl (C=O) groups excluding carboxylic acids is 2. The van der Waals surface area contributed by atoms with Crippen molar-refractivity contribution < 1.29 is 18.7 Å². The van der Waals surface area contributed by atoms with Gasteiger partial charge in [-0.05, 0) is 80.2 Å². The van der Waals surface area contributed by atoms with E-state index in [0.29, 0.717) is 5.56 Å². The SMILES string of the molecule is Cc1cc(/C=C2\C(=O)NC(=S)N(c3ccccc3F)C2=O)c(C)n1-c1ccc(N2CCOCC2)cc1. The molecule has 3 heterocycles. The smallest absolute Gasteiger partial charge is 0.270 e. The number of para-hydroxylation sites is 1. The molecule has 2 aliphatic heterocycles. The van der Waals surface area contributed by atoms with E-state index in [1.54, 1.807) is 6.07 Å². The Bertz CT molecular complexity index is 1390. The fourth-order valence-electron chi connectivity index (χ4n) is 4.63. The molecule has 184 valence electrons. The highest BCUT2D eigenvalue weighted by molar-refractivity contribution is 7.80. The van der Waals surface area contributed by atoms with Crippen LogP contribution < -0.4 is 15.1 Å². The highest BCUT2D eigenvalue weighted by atomic mass is 32.1. The molecule has 1 N–H and O–H groups in total. The van der Waals surface area contributed by atoms with Crippen LogP contribution in [-0.2, 0) is 14.3 Å². The summed E-state index contributed by atoms with van der Waals surface area (Å²) in [5.74, 6) is -1.90. The molecule has 0 aliphatic carbocycles. The van der Waals surface area contributed by atoms with Crippen LogP contribution in [0.1, 0.15) is 17.0 Å². The molecule has 5 rings (SSSR count). The number of thiocarbonyl (C=S) groups is 1. The maximum Gasteiger partial charge on any atom is 0.270 e. The van der Waals surface area contributed by atoms with Gasteiger partial charge in [-0.3, -0.25) is 14.9 Å². The zero-order valence-electron chi connectivity index (χ0n) is 20.0. The molecule has 2 amide bonds. The van der Waals surface area contributed by atoms with Gasteiger partial charge in [-0.25, -0.2) is 9.29 Å². The summed E-state index contributed by atoms with van der Waals surface area (Å²) in [4.78, 5) is 29.3. The molecule has 2 saturated heterocycles. The molecule has 0 saturated carbocycles. The summed E-state index contributed by atoms with van der Waals surface area (Å²) in [5.41, 5.74) is 4.51. The molecule has 0 atom stereocenters. The van der Waals surface area contributed by atoms with E-state index in [9.17, 15) is 14.0 Å². The highest BCUT2D eigenvalue weighted by Crippen LogP contribution is 2.28. The Morgan fingerprint density at radius 3 is 2.36 bits per heavy atom. The van der Waals surface area contributed by atoms with Gasteiger partial charge < -0.3 is 14.2 Å².